The number of aryl methyl sites for hydroxylation is 1. The average molecular weight is 220 g/mol. The van der Waals surface area contributed by atoms with E-state index < -0.39 is 5.92 Å². The summed E-state index contributed by atoms with van der Waals surface area (Å²) in [6.07, 6.45) is 0.0856. The van der Waals surface area contributed by atoms with Crippen LogP contribution in [0.3, 0.4) is 0 Å². The molecule has 0 saturated heterocycles. The van der Waals surface area contributed by atoms with Crippen molar-refractivity contribution in [3.8, 4) is 11.5 Å². The van der Waals surface area contributed by atoms with Crippen LogP contribution in [0.25, 0.3) is 0 Å². The highest BCUT2D eigenvalue weighted by molar-refractivity contribution is 6.17. The zero-order chi connectivity index (χ0) is 12.0. The number of aromatic hydroxyl groups is 2. The molecule has 0 aromatic heterocycles. The number of ketones is 2. The lowest BCUT2D eigenvalue weighted by atomic mass is 9.81. The maximum absolute atomic E-state index is 11.8. The maximum Gasteiger partial charge on any atom is 0.170 e. The molecule has 0 spiro atoms. The third-order valence-corrected chi connectivity index (χ3v) is 2.93. The molecular weight excluding hydrogens is 208 g/mol. The van der Waals surface area contributed by atoms with E-state index in [9.17, 15) is 19.8 Å². The van der Waals surface area contributed by atoms with Crippen LogP contribution in [-0.2, 0) is 0 Å². The number of Topliss-reactive ketones (excluding diaryl/α,β-unsaturated/α-hetero) is 2. The van der Waals surface area contributed by atoms with Crippen molar-refractivity contribution in [1.82, 2.24) is 0 Å². The summed E-state index contributed by atoms with van der Waals surface area (Å²) in [5.41, 5.74) is 0.333. The van der Waals surface area contributed by atoms with Crippen molar-refractivity contribution in [2.24, 2.45) is 5.92 Å². The summed E-state index contributed by atoms with van der Waals surface area (Å²) in [4.78, 5) is 23.6. The lowest BCUT2D eigenvalue weighted by Gasteiger charge is -2.21. The van der Waals surface area contributed by atoms with Gasteiger partial charge in [0.1, 0.15) is 11.5 Å². The van der Waals surface area contributed by atoms with Gasteiger partial charge < -0.3 is 10.2 Å². The Labute approximate surface area is 92.5 Å². The SMILES string of the molecule is Cc1cc(O)c2c(c1O)C(=O)CC(C)C2=O. The number of rotatable bonds is 0. The number of hydrogen-bond donors (Lipinski definition) is 2. The highest BCUT2D eigenvalue weighted by atomic mass is 16.3. The van der Waals surface area contributed by atoms with Crippen LogP contribution in [0.2, 0.25) is 0 Å². The van der Waals surface area contributed by atoms with Crippen LogP contribution in [-0.4, -0.2) is 21.8 Å². The van der Waals surface area contributed by atoms with Gasteiger partial charge in [0, 0.05) is 12.3 Å². The van der Waals surface area contributed by atoms with Gasteiger partial charge in [0.25, 0.3) is 0 Å². The monoisotopic (exact) mass is 220 g/mol. The first kappa shape index (κ1) is 10.7. The minimum absolute atomic E-state index is 0.0272. The molecule has 0 radical (unpaired) electrons. The second-order valence-corrected chi connectivity index (χ2v) is 4.20. The molecule has 0 amide bonds. The smallest absolute Gasteiger partial charge is 0.170 e. The van der Waals surface area contributed by atoms with E-state index in [4.69, 9.17) is 0 Å². The van der Waals surface area contributed by atoms with Gasteiger partial charge in [-0.3, -0.25) is 9.59 Å². The topological polar surface area (TPSA) is 74.6 Å². The highest BCUT2D eigenvalue weighted by Crippen LogP contribution is 2.38. The lowest BCUT2D eigenvalue weighted by Crippen LogP contribution is -2.25. The Morgan fingerprint density at radius 3 is 2.50 bits per heavy atom. The van der Waals surface area contributed by atoms with Gasteiger partial charge in [-0.2, -0.15) is 0 Å². The Morgan fingerprint density at radius 2 is 1.88 bits per heavy atom. The van der Waals surface area contributed by atoms with Gasteiger partial charge in [0.15, 0.2) is 11.6 Å². The molecule has 0 fully saturated rings. The highest BCUT2D eigenvalue weighted by Gasteiger charge is 2.34. The van der Waals surface area contributed by atoms with Gasteiger partial charge in [-0.25, -0.2) is 0 Å². The van der Waals surface area contributed by atoms with Gasteiger partial charge in [-0.1, -0.05) is 6.92 Å². The third-order valence-electron chi connectivity index (χ3n) is 2.93. The molecule has 1 aliphatic rings. The van der Waals surface area contributed by atoms with E-state index in [0.29, 0.717) is 5.56 Å². The zero-order valence-electron chi connectivity index (χ0n) is 9.07. The van der Waals surface area contributed by atoms with E-state index in [-0.39, 0.29) is 40.6 Å². The first-order valence-corrected chi connectivity index (χ1v) is 5.06. The van der Waals surface area contributed by atoms with Crippen LogP contribution in [0.5, 0.6) is 11.5 Å². The Kier molecular flexibility index (Phi) is 2.22. The zero-order valence-corrected chi connectivity index (χ0v) is 9.07. The van der Waals surface area contributed by atoms with Gasteiger partial charge >= 0.3 is 0 Å². The summed E-state index contributed by atoms with van der Waals surface area (Å²) in [5, 5.41) is 19.4. The molecule has 0 bridgehead atoms. The summed E-state index contributed by atoms with van der Waals surface area (Å²) in [6, 6.07) is 1.30. The molecule has 1 aliphatic carbocycles. The van der Waals surface area contributed by atoms with E-state index in [1.54, 1.807) is 13.8 Å². The van der Waals surface area contributed by atoms with Crippen molar-refractivity contribution >= 4 is 11.6 Å². The van der Waals surface area contributed by atoms with Crippen molar-refractivity contribution in [2.45, 2.75) is 20.3 Å². The predicted octanol–water partition coefficient (Wildman–Crippen LogP) is 1.81. The van der Waals surface area contributed by atoms with Gasteiger partial charge in [0.2, 0.25) is 0 Å². The van der Waals surface area contributed by atoms with Crippen LogP contribution in [0.15, 0.2) is 6.07 Å². The van der Waals surface area contributed by atoms with Crippen molar-refractivity contribution in [1.29, 1.82) is 0 Å². The minimum atomic E-state index is -0.437. The normalized spacial score (nSPS) is 19.8. The fourth-order valence-corrected chi connectivity index (χ4v) is 2.03. The van der Waals surface area contributed by atoms with E-state index in [1.807, 2.05) is 0 Å². The molecule has 0 heterocycles. The molecular formula is C12H12O4. The maximum atomic E-state index is 11.8. The van der Waals surface area contributed by atoms with E-state index in [2.05, 4.69) is 0 Å². The number of fused-ring (bicyclic) bond motifs is 1. The Morgan fingerprint density at radius 1 is 1.25 bits per heavy atom. The quantitative estimate of drug-likeness (QED) is 0.654. The Bertz CT molecular complexity index is 502. The van der Waals surface area contributed by atoms with E-state index in [0.717, 1.165) is 0 Å². The predicted molar refractivity (Wildman–Crippen MR) is 57.0 cm³/mol. The van der Waals surface area contributed by atoms with Crippen molar-refractivity contribution in [2.75, 3.05) is 0 Å². The number of phenols is 2. The minimum Gasteiger partial charge on any atom is -0.507 e. The molecule has 0 saturated carbocycles. The number of hydrogen-bond acceptors (Lipinski definition) is 4. The van der Waals surface area contributed by atoms with Crippen LogP contribution in [0.4, 0.5) is 0 Å². The molecule has 1 aromatic carbocycles. The van der Waals surface area contributed by atoms with E-state index in [1.165, 1.54) is 6.07 Å². The van der Waals surface area contributed by atoms with Crippen molar-refractivity contribution in [3.63, 3.8) is 0 Å². The first-order chi connectivity index (χ1) is 7.43. The molecule has 4 nitrogen and oxygen atoms in total. The van der Waals surface area contributed by atoms with Gasteiger partial charge in [-0.05, 0) is 18.6 Å². The third kappa shape index (κ3) is 1.30. The Hall–Kier alpha value is -1.84. The molecule has 1 unspecified atom stereocenters. The van der Waals surface area contributed by atoms with Crippen LogP contribution in [0.1, 0.15) is 39.6 Å². The van der Waals surface area contributed by atoms with Crippen LogP contribution in [0, 0.1) is 12.8 Å². The lowest BCUT2D eigenvalue weighted by molar-refractivity contribution is 0.0829. The Balaban J connectivity index is 2.80. The van der Waals surface area contributed by atoms with E-state index >= 15 is 0 Å². The van der Waals surface area contributed by atoms with Gasteiger partial charge in [-0.15, -0.1) is 0 Å². The van der Waals surface area contributed by atoms with Crippen LogP contribution >= 0.6 is 0 Å². The number of carbonyl (C=O) groups is 2. The first-order valence-electron chi connectivity index (χ1n) is 5.06. The molecule has 84 valence electrons. The fourth-order valence-electron chi connectivity index (χ4n) is 2.03. The summed E-state index contributed by atoms with van der Waals surface area (Å²) in [5.74, 6) is -1.44. The summed E-state index contributed by atoms with van der Waals surface area (Å²) in [7, 11) is 0. The number of carbonyl (C=O) groups excluding carboxylic acids is 2. The standard InChI is InChI=1S/C12H12O4/c1-5-3-7(13)10-9(11(5)15)8(14)4-6(2)12(10)16/h3,6,13,15H,4H2,1-2H3. The largest absolute Gasteiger partial charge is 0.507 e. The summed E-state index contributed by atoms with van der Waals surface area (Å²) < 4.78 is 0. The van der Waals surface area contributed by atoms with Crippen molar-refractivity contribution < 1.29 is 19.8 Å². The average Bonchev–Trinajstić information content (AvgIpc) is 2.20. The molecule has 2 N–H and O–H groups in total. The number of phenolic OH excluding ortho intramolecular Hbond substituents is 2. The molecule has 0 aliphatic heterocycles. The molecule has 2 rings (SSSR count). The van der Waals surface area contributed by atoms with Crippen molar-refractivity contribution in [3.05, 3.63) is 22.8 Å². The molecule has 1 atom stereocenters. The fraction of sp³-hybridized carbons (Fsp3) is 0.333. The molecule has 16 heavy (non-hydrogen) atoms. The van der Waals surface area contributed by atoms with Crippen LogP contribution < -0.4 is 0 Å². The second kappa shape index (κ2) is 3.33. The van der Waals surface area contributed by atoms with Gasteiger partial charge in [0.05, 0.1) is 11.1 Å². The molecule has 1 aromatic rings. The number of benzene rings is 1. The summed E-state index contributed by atoms with van der Waals surface area (Å²) >= 11 is 0. The second-order valence-electron chi connectivity index (χ2n) is 4.20. The summed E-state index contributed by atoms with van der Waals surface area (Å²) in [6.45, 7) is 3.21. The molecule has 4 heteroatoms.